The molecule has 2 rings (SSSR count). The number of nitrogens with zero attached hydrogens (tertiary/aromatic N) is 2. The van der Waals surface area contributed by atoms with Gasteiger partial charge in [0.2, 0.25) is 5.91 Å². The molecule has 1 aromatic heterocycles. The van der Waals surface area contributed by atoms with Crippen LogP contribution >= 0.6 is 34.9 Å². The van der Waals surface area contributed by atoms with E-state index in [2.05, 4.69) is 20.8 Å². The van der Waals surface area contributed by atoms with Gasteiger partial charge in [-0.05, 0) is 24.5 Å². The van der Waals surface area contributed by atoms with Crippen LogP contribution in [0.5, 0.6) is 0 Å². The van der Waals surface area contributed by atoms with E-state index >= 15 is 0 Å². The van der Waals surface area contributed by atoms with Crippen LogP contribution in [0.15, 0.2) is 32.9 Å². The van der Waals surface area contributed by atoms with Gasteiger partial charge in [-0.2, -0.15) is 0 Å². The maximum atomic E-state index is 11.9. The number of rotatable bonds is 6. The van der Waals surface area contributed by atoms with Crippen molar-refractivity contribution in [2.24, 2.45) is 0 Å². The van der Waals surface area contributed by atoms with Crippen molar-refractivity contribution in [2.75, 3.05) is 24.4 Å². The Morgan fingerprint density at radius 3 is 2.73 bits per heavy atom. The second kappa shape index (κ2) is 8.16. The lowest BCUT2D eigenvalue weighted by Gasteiger charge is -2.06. The molecule has 0 aliphatic carbocycles. The molecule has 2 aromatic rings. The van der Waals surface area contributed by atoms with Gasteiger partial charge in [0.05, 0.1) is 5.75 Å². The Morgan fingerprint density at radius 1 is 1.27 bits per heavy atom. The van der Waals surface area contributed by atoms with Crippen molar-refractivity contribution in [3.05, 3.63) is 29.8 Å². The molecule has 0 atom stereocenters. The van der Waals surface area contributed by atoms with Gasteiger partial charge in [-0.3, -0.25) is 9.59 Å². The molecule has 6 nitrogen and oxygen atoms in total. The van der Waals surface area contributed by atoms with Gasteiger partial charge < -0.3 is 10.6 Å². The first-order valence-electron chi connectivity index (χ1n) is 6.24. The van der Waals surface area contributed by atoms with E-state index < -0.39 is 0 Å². The summed E-state index contributed by atoms with van der Waals surface area (Å²) in [4.78, 5) is 23.5. The molecular formula is C13H14N4O2S3. The number of thioether (sulfide) groups is 2. The van der Waals surface area contributed by atoms with Crippen molar-refractivity contribution in [1.82, 2.24) is 15.5 Å². The molecule has 2 amide bonds. The van der Waals surface area contributed by atoms with Gasteiger partial charge in [0.1, 0.15) is 0 Å². The lowest BCUT2D eigenvalue weighted by molar-refractivity contribution is -0.113. The minimum absolute atomic E-state index is 0.153. The highest BCUT2D eigenvalue weighted by Gasteiger charge is 2.09. The fourth-order valence-corrected chi connectivity index (χ4v) is 3.78. The quantitative estimate of drug-likeness (QED) is 0.775. The third-order valence-electron chi connectivity index (χ3n) is 2.52. The molecule has 0 saturated heterocycles. The summed E-state index contributed by atoms with van der Waals surface area (Å²) < 4.78 is 1.64. The van der Waals surface area contributed by atoms with Crippen molar-refractivity contribution >= 4 is 52.4 Å². The molecule has 0 aliphatic rings. The van der Waals surface area contributed by atoms with E-state index in [0.29, 0.717) is 11.3 Å². The summed E-state index contributed by atoms with van der Waals surface area (Å²) >= 11 is 4.33. The molecule has 2 N–H and O–H groups in total. The van der Waals surface area contributed by atoms with E-state index in [1.54, 1.807) is 31.3 Å². The molecule has 1 heterocycles. The van der Waals surface area contributed by atoms with Crippen molar-refractivity contribution in [3.63, 3.8) is 0 Å². The van der Waals surface area contributed by atoms with Crippen molar-refractivity contribution in [1.29, 1.82) is 0 Å². The van der Waals surface area contributed by atoms with E-state index in [1.165, 1.54) is 34.9 Å². The van der Waals surface area contributed by atoms with Gasteiger partial charge in [0.25, 0.3) is 5.91 Å². The van der Waals surface area contributed by atoms with Gasteiger partial charge in [0, 0.05) is 18.3 Å². The largest absolute Gasteiger partial charge is 0.355 e. The van der Waals surface area contributed by atoms with Gasteiger partial charge in [-0.1, -0.05) is 40.9 Å². The highest BCUT2D eigenvalue weighted by molar-refractivity contribution is 8.03. The first-order valence-corrected chi connectivity index (χ1v) is 9.27. The standard InChI is InChI=1S/C13H14N4O2S3/c1-14-11(19)8-4-3-5-9(6-8)15-10(18)7-21-13-17-16-12(20-2)22-13/h3-6H,7H2,1-2H3,(H,14,19)(H,15,18). The van der Waals surface area contributed by atoms with Crippen LogP contribution in [0, 0.1) is 0 Å². The van der Waals surface area contributed by atoms with Crippen LogP contribution < -0.4 is 10.6 Å². The molecule has 0 fully saturated rings. The number of carbonyl (C=O) groups excluding carboxylic acids is 2. The summed E-state index contributed by atoms with van der Waals surface area (Å²) in [5.74, 6) is -0.100. The van der Waals surface area contributed by atoms with Gasteiger partial charge in [-0.25, -0.2) is 0 Å². The summed E-state index contributed by atoms with van der Waals surface area (Å²) in [6.07, 6.45) is 1.93. The smallest absolute Gasteiger partial charge is 0.251 e. The number of hydrogen-bond acceptors (Lipinski definition) is 7. The predicted octanol–water partition coefficient (Wildman–Crippen LogP) is 2.35. The topological polar surface area (TPSA) is 84.0 Å². The van der Waals surface area contributed by atoms with Crippen molar-refractivity contribution in [2.45, 2.75) is 8.68 Å². The van der Waals surface area contributed by atoms with Gasteiger partial charge >= 0.3 is 0 Å². The Kier molecular flexibility index (Phi) is 6.22. The normalized spacial score (nSPS) is 10.3. The zero-order valence-electron chi connectivity index (χ0n) is 12.0. The number of benzene rings is 1. The fraction of sp³-hybridized carbons (Fsp3) is 0.231. The van der Waals surface area contributed by atoms with Crippen LogP contribution in [-0.2, 0) is 4.79 Å². The molecule has 0 aliphatic heterocycles. The van der Waals surface area contributed by atoms with E-state index in [-0.39, 0.29) is 17.6 Å². The molecule has 9 heteroatoms. The first kappa shape index (κ1) is 16.8. The monoisotopic (exact) mass is 354 g/mol. The maximum absolute atomic E-state index is 11.9. The second-order valence-electron chi connectivity index (χ2n) is 4.03. The summed E-state index contributed by atoms with van der Waals surface area (Å²) in [5, 5.41) is 13.3. The molecule has 0 bridgehead atoms. The van der Waals surface area contributed by atoms with Crippen LogP contribution in [-0.4, -0.2) is 41.1 Å². The number of amides is 2. The van der Waals surface area contributed by atoms with Gasteiger partial charge in [0.15, 0.2) is 8.68 Å². The average molecular weight is 354 g/mol. The maximum Gasteiger partial charge on any atom is 0.251 e. The van der Waals surface area contributed by atoms with Crippen molar-refractivity contribution in [3.8, 4) is 0 Å². The molecule has 116 valence electrons. The number of carbonyl (C=O) groups is 2. The molecule has 0 radical (unpaired) electrons. The Labute approximate surface area is 140 Å². The number of hydrogen-bond donors (Lipinski definition) is 2. The van der Waals surface area contributed by atoms with Crippen molar-refractivity contribution < 1.29 is 9.59 Å². The Morgan fingerprint density at radius 2 is 2.05 bits per heavy atom. The van der Waals surface area contributed by atoms with E-state index in [1.807, 2.05) is 6.26 Å². The van der Waals surface area contributed by atoms with Gasteiger partial charge in [-0.15, -0.1) is 10.2 Å². The lowest BCUT2D eigenvalue weighted by atomic mass is 10.2. The predicted molar refractivity (Wildman–Crippen MR) is 90.9 cm³/mol. The fourth-order valence-electron chi connectivity index (χ4n) is 1.54. The third kappa shape index (κ3) is 4.72. The summed E-state index contributed by atoms with van der Waals surface area (Å²) in [7, 11) is 1.56. The third-order valence-corrected chi connectivity index (χ3v) is 5.56. The van der Waals surface area contributed by atoms with Crippen LogP contribution in [0.3, 0.4) is 0 Å². The molecule has 0 saturated carbocycles. The number of aromatic nitrogens is 2. The highest BCUT2D eigenvalue weighted by Crippen LogP contribution is 2.27. The Hall–Kier alpha value is -1.58. The summed E-state index contributed by atoms with van der Waals surface area (Å²) in [6.45, 7) is 0. The Bertz CT molecular complexity index is 675. The van der Waals surface area contributed by atoms with Crippen LogP contribution in [0.4, 0.5) is 5.69 Å². The first-order chi connectivity index (χ1) is 10.6. The summed E-state index contributed by atoms with van der Waals surface area (Å²) in [6, 6.07) is 6.79. The van der Waals surface area contributed by atoms with E-state index in [0.717, 1.165) is 8.68 Å². The zero-order chi connectivity index (χ0) is 15.9. The summed E-state index contributed by atoms with van der Waals surface area (Å²) in [5.41, 5.74) is 1.09. The molecule has 22 heavy (non-hydrogen) atoms. The second-order valence-corrected chi connectivity index (χ2v) is 7.29. The molecular weight excluding hydrogens is 340 g/mol. The van der Waals surface area contributed by atoms with Crippen LogP contribution in [0.2, 0.25) is 0 Å². The van der Waals surface area contributed by atoms with E-state index in [9.17, 15) is 9.59 Å². The Balaban J connectivity index is 1.90. The number of anilines is 1. The van der Waals surface area contributed by atoms with E-state index in [4.69, 9.17) is 0 Å². The average Bonchev–Trinajstić information content (AvgIpc) is 3.00. The van der Waals surface area contributed by atoms with Crippen LogP contribution in [0.1, 0.15) is 10.4 Å². The minimum Gasteiger partial charge on any atom is -0.355 e. The molecule has 1 aromatic carbocycles. The minimum atomic E-state index is -0.191. The zero-order valence-corrected chi connectivity index (χ0v) is 14.4. The molecule has 0 spiro atoms. The van der Waals surface area contributed by atoms with Crippen LogP contribution in [0.25, 0.3) is 0 Å². The highest BCUT2D eigenvalue weighted by atomic mass is 32.2. The SMILES string of the molecule is CNC(=O)c1cccc(NC(=O)CSc2nnc(SC)s2)c1. The lowest BCUT2D eigenvalue weighted by Crippen LogP contribution is -2.18. The number of nitrogens with one attached hydrogen (secondary N) is 2. The molecule has 0 unspecified atom stereocenters.